The van der Waals surface area contributed by atoms with Crippen molar-refractivity contribution in [2.75, 3.05) is 10.2 Å². The van der Waals surface area contributed by atoms with Crippen LogP contribution in [0.15, 0.2) is 60.9 Å². The standard InChI is InChI=1S/C28H33N5OS/c1-3-25(34)30-22-15-14-21(18-19(22)2)33-27(26(31-28(33)35)23-12-7-8-16-29-23)24-13-9-17-32(24)20-10-5-4-6-11-20/h7-9,12-18,20,26-27H,3-6,10-11H2,1-2H3,(H,30,34)(H,31,35)/t26-,27+/m1/s1. The van der Waals surface area contributed by atoms with Gasteiger partial charge in [0.05, 0.1) is 11.7 Å². The van der Waals surface area contributed by atoms with Crippen LogP contribution in [0, 0.1) is 6.92 Å². The van der Waals surface area contributed by atoms with Gasteiger partial charge in [0.1, 0.15) is 6.04 Å². The summed E-state index contributed by atoms with van der Waals surface area (Å²) < 4.78 is 2.48. The van der Waals surface area contributed by atoms with Crippen LogP contribution in [0.5, 0.6) is 0 Å². The Bertz CT molecular complexity index is 1200. The number of carbonyl (C=O) groups is 1. The summed E-state index contributed by atoms with van der Waals surface area (Å²) in [6.07, 6.45) is 10.8. The third kappa shape index (κ3) is 4.69. The SMILES string of the molecule is CCC(=O)Nc1ccc(N2C(=S)N[C@H](c3ccccn3)[C@@H]2c2cccn2C2CCCCC2)cc1C. The lowest BCUT2D eigenvalue weighted by Gasteiger charge is -2.32. The summed E-state index contributed by atoms with van der Waals surface area (Å²) in [5, 5.41) is 7.26. The molecule has 3 heterocycles. The second kappa shape index (κ2) is 10.2. The number of amides is 1. The molecular formula is C28H33N5OS. The molecular weight excluding hydrogens is 454 g/mol. The fourth-order valence-corrected chi connectivity index (χ4v) is 5.81. The van der Waals surface area contributed by atoms with Crippen LogP contribution in [0.2, 0.25) is 0 Å². The number of aromatic nitrogens is 2. The summed E-state index contributed by atoms with van der Waals surface area (Å²) in [4.78, 5) is 18.9. The largest absolute Gasteiger partial charge is 0.351 e. The van der Waals surface area contributed by atoms with Gasteiger partial charge in [0.2, 0.25) is 5.91 Å². The highest BCUT2D eigenvalue weighted by Crippen LogP contribution is 2.44. The lowest BCUT2D eigenvalue weighted by molar-refractivity contribution is -0.115. The summed E-state index contributed by atoms with van der Waals surface area (Å²) in [5.74, 6) is 0.0117. The number of thiocarbonyl (C=S) groups is 1. The smallest absolute Gasteiger partial charge is 0.224 e. The molecule has 1 aromatic carbocycles. The van der Waals surface area contributed by atoms with Crippen molar-refractivity contribution in [3.05, 3.63) is 77.9 Å². The van der Waals surface area contributed by atoms with Crippen molar-refractivity contribution in [2.45, 2.75) is 70.5 Å². The molecule has 2 aromatic heterocycles. The van der Waals surface area contributed by atoms with Gasteiger partial charge in [-0.2, -0.15) is 0 Å². The fourth-order valence-electron chi connectivity index (χ4n) is 5.46. The maximum Gasteiger partial charge on any atom is 0.224 e. The molecule has 3 aromatic rings. The second-order valence-electron chi connectivity index (χ2n) is 9.53. The Morgan fingerprint density at radius 1 is 1.14 bits per heavy atom. The van der Waals surface area contributed by atoms with Gasteiger partial charge in [-0.05, 0) is 80.0 Å². The molecule has 1 aliphatic carbocycles. The molecule has 5 rings (SSSR count). The van der Waals surface area contributed by atoms with E-state index < -0.39 is 0 Å². The second-order valence-corrected chi connectivity index (χ2v) is 9.92. The first-order valence-electron chi connectivity index (χ1n) is 12.6. The summed E-state index contributed by atoms with van der Waals surface area (Å²) in [7, 11) is 0. The lowest BCUT2D eigenvalue weighted by Crippen LogP contribution is -2.31. The van der Waals surface area contributed by atoms with Gasteiger partial charge in [-0.1, -0.05) is 32.3 Å². The molecule has 1 saturated carbocycles. The van der Waals surface area contributed by atoms with Gasteiger partial charge in [-0.25, -0.2) is 0 Å². The van der Waals surface area contributed by atoms with Crippen molar-refractivity contribution in [1.29, 1.82) is 0 Å². The molecule has 0 radical (unpaired) electrons. The van der Waals surface area contributed by atoms with Crippen LogP contribution >= 0.6 is 12.2 Å². The van der Waals surface area contributed by atoms with Gasteiger partial charge in [-0.15, -0.1) is 0 Å². The average Bonchev–Trinajstić information content (AvgIpc) is 3.50. The highest BCUT2D eigenvalue weighted by atomic mass is 32.1. The Morgan fingerprint density at radius 2 is 1.97 bits per heavy atom. The van der Waals surface area contributed by atoms with E-state index in [0.717, 1.165) is 22.6 Å². The van der Waals surface area contributed by atoms with Crippen LogP contribution in [0.25, 0.3) is 0 Å². The average molecular weight is 488 g/mol. The number of nitrogens with zero attached hydrogens (tertiary/aromatic N) is 3. The van der Waals surface area contributed by atoms with Crippen LogP contribution in [-0.2, 0) is 4.79 Å². The normalized spacial score (nSPS) is 20.6. The predicted octanol–water partition coefficient (Wildman–Crippen LogP) is 6.22. The first-order valence-corrected chi connectivity index (χ1v) is 13.1. The molecule has 6 nitrogen and oxygen atoms in total. The number of nitrogens with one attached hydrogen (secondary N) is 2. The minimum atomic E-state index is -0.0688. The van der Waals surface area contributed by atoms with Gasteiger partial charge < -0.3 is 20.1 Å². The van der Waals surface area contributed by atoms with Crippen molar-refractivity contribution in [1.82, 2.24) is 14.9 Å². The number of aryl methyl sites for hydroxylation is 1. The maximum atomic E-state index is 12.0. The number of anilines is 2. The topological polar surface area (TPSA) is 62.2 Å². The molecule has 1 aliphatic heterocycles. The molecule has 0 unspecified atom stereocenters. The molecule has 35 heavy (non-hydrogen) atoms. The monoisotopic (exact) mass is 487 g/mol. The molecule has 2 N–H and O–H groups in total. The third-order valence-corrected chi connectivity index (χ3v) is 7.58. The van der Waals surface area contributed by atoms with E-state index >= 15 is 0 Å². The van der Waals surface area contributed by atoms with E-state index in [1.165, 1.54) is 37.8 Å². The number of rotatable bonds is 6. The Balaban J connectivity index is 1.57. The highest BCUT2D eigenvalue weighted by molar-refractivity contribution is 7.80. The number of pyridine rings is 1. The van der Waals surface area contributed by atoms with Crippen molar-refractivity contribution >= 4 is 34.6 Å². The summed E-state index contributed by atoms with van der Waals surface area (Å²) >= 11 is 5.92. The van der Waals surface area contributed by atoms with Crippen molar-refractivity contribution in [3.8, 4) is 0 Å². The number of carbonyl (C=O) groups excluding carboxylic acids is 1. The molecule has 1 amide bonds. The van der Waals surface area contributed by atoms with Gasteiger partial charge >= 0.3 is 0 Å². The maximum absolute atomic E-state index is 12.0. The highest BCUT2D eigenvalue weighted by Gasteiger charge is 2.42. The van der Waals surface area contributed by atoms with E-state index in [1.54, 1.807) is 0 Å². The summed E-state index contributed by atoms with van der Waals surface area (Å²) in [6, 6.07) is 17.0. The molecule has 7 heteroatoms. The molecule has 2 atom stereocenters. The van der Waals surface area contributed by atoms with E-state index in [1.807, 2.05) is 44.3 Å². The zero-order chi connectivity index (χ0) is 24.4. The molecule has 2 aliphatic rings. The Labute approximate surface area is 212 Å². The molecule has 0 spiro atoms. The lowest BCUT2D eigenvalue weighted by atomic mass is 9.94. The Morgan fingerprint density at radius 3 is 2.69 bits per heavy atom. The van der Waals surface area contributed by atoms with E-state index in [9.17, 15) is 4.79 Å². The minimum Gasteiger partial charge on any atom is -0.351 e. The number of hydrogen-bond acceptors (Lipinski definition) is 3. The zero-order valence-electron chi connectivity index (χ0n) is 20.4. The van der Waals surface area contributed by atoms with Crippen LogP contribution < -0.4 is 15.5 Å². The summed E-state index contributed by atoms with van der Waals surface area (Å²) in [5.41, 5.74) is 5.08. The summed E-state index contributed by atoms with van der Waals surface area (Å²) in [6.45, 7) is 3.88. The quantitative estimate of drug-likeness (QED) is 0.404. The van der Waals surface area contributed by atoms with Crippen LogP contribution in [0.1, 0.15) is 80.5 Å². The molecule has 0 bridgehead atoms. The van der Waals surface area contributed by atoms with Gasteiger partial charge in [0.25, 0.3) is 0 Å². The zero-order valence-corrected chi connectivity index (χ0v) is 21.2. The van der Waals surface area contributed by atoms with Crippen LogP contribution in [0.3, 0.4) is 0 Å². The van der Waals surface area contributed by atoms with Gasteiger partial charge in [0.15, 0.2) is 5.11 Å². The van der Waals surface area contributed by atoms with Crippen molar-refractivity contribution < 1.29 is 4.79 Å². The third-order valence-electron chi connectivity index (χ3n) is 7.26. The van der Waals surface area contributed by atoms with Crippen LogP contribution in [-0.4, -0.2) is 20.6 Å². The predicted molar refractivity (Wildman–Crippen MR) is 145 cm³/mol. The van der Waals surface area contributed by atoms with Crippen molar-refractivity contribution in [3.63, 3.8) is 0 Å². The van der Waals surface area contributed by atoms with E-state index in [0.29, 0.717) is 17.6 Å². The molecule has 182 valence electrons. The van der Waals surface area contributed by atoms with Crippen LogP contribution in [0.4, 0.5) is 11.4 Å². The van der Waals surface area contributed by atoms with Gasteiger partial charge in [0, 0.05) is 41.9 Å². The van der Waals surface area contributed by atoms with Gasteiger partial charge in [-0.3, -0.25) is 9.78 Å². The first-order chi connectivity index (χ1) is 17.1. The molecule has 1 saturated heterocycles. The van der Waals surface area contributed by atoms with Crippen molar-refractivity contribution in [2.24, 2.45) is 0 Å². The Kier molecular flexibility index (Phi) is 6.86. The number of hydrogen-bond donors (Lipinski definition) is 2. The molecule has 2 fully saturated rings. The first kappa shape index (κ1) is 23.5. The van der Waals surface area contributed by atoms with E-state index in [-0.39, 0.29) is 18.0 Å². The minimum absolute atomic E-state index is 0.0117. The van der Waals surface area contributed by atoms with E-state index in [2.05, 4.69) is 50.6 Å². The number of benzene rings is 1. The Hall–Kier alpha value is -3.19. The van der Waals surface area contributed by atoms with E-state index in [4.69, 9.17) is 17.2 Å². The fraction of sp³-hybridized carbons (Fsp3) is 0.393.